The molecule has 4 heterocycles. The number of amides is 3. The van der Waals surface area contributed by atoms with Crippen LogP contribution in [0.1, 0.15) is 5.56 Å². The second kappa shape index (κ2) is 7.24. The molecule has 4 aliphatic heterocycles. The zero-order valence-corrected chi connectivity index (χ0v) is 18.7. The Hall–Kier alpha value is -2.51. The maximum absolute atomic E-state index is 13.4. The minimum absolute atomic E-state index is 0.0125. The van der Waals surface area contributed by atoms with Crippen LogP contribution >= 0.6 is 0 Å². The Bertz CT molecular complexity index is 995. The van der Waals surface area contributed by atoms with Crippen LogP contribution in [0.3, 0.4) is 0 Å². The molecule has 7 heteroatoms. The Labute approximate surface area is 193 Å². The minimum Gasteiger partial charge on any atom is -0.354 e. The van der Waals surface area contributed by atoms with Crippen LogP contribution in [-0.4, -0.2) is 77.7 Å². The summed E-state index contributed by atoms with van der Waals surface area (Å²) in [5, 5.41) is 3.24. The van der Waals surface area contributed by atoms with Crippen LogP contribution in [0.4, 0.5) is 0 Å². The number of nitrogens with one attached hydrogen (secondary N) is 1. The van der Waals surface area contributed by atoms with Gasteiger partial charge in [-0.1, -0.05) is 42.5 Å². The van der Waals surface area contributed by atoms with Gasteiger partial charge in [0.2, 0.25) is 17.7 Å². The van der Waals surface area contributed by atoms with E-state index >= 15 is 0 Å². The quantitative estimate of drug-likeness (QED) is 0.529. The Balaban J connectivity index is 1.04. The SMILES string of the molecule is O=C(NCC1CN2CCN1CC2)C1C2C3C=CC(C4C(=O)N(Cc5ccccc5)C(=O)C34)C12. The van der Waals surface area contributed by atoms with Gasteiger partial charge in [0.15, 0.2) is 0 Å². The van der Waals surface area contributed by atoms with E-state index in [0.717, 1.165) is 38.3 Å². The van der Waals surface area contributed by atoms with Gasteiger partial charge >= 0.3 is 0 Å². The van der Waals surface area contributed by atoms with Gasteiger partial charge in [-0.15, -0.1) is 0 Å². The highest BCUT2D eigenvalue weighted by atomic mass is 16.2. The first kappa shape index (κ1) is 19.9. The highest BCUT2D eigenvalue weighted by Gasteiger charge is 2.73. The molecule has 0 spiro atoms. The predicted octanol–water partition coefficient (Wildman–Crippen LogP) is 0.582. The fourth-order valence-corrected chi connectivity index (χ4v) is 7.69. The van der Waals surface area contributed by atoms with Crippen molar-refractivity contribution in [2.45, 2.75) is 12.6 Å². The van der Waals surface area contributed by atoms with Crippen molar-refractivity contribution in [3.63, 3.8) is 0 Å². The zero-order valence-electron chi connectivity index (χ0n) is 18.7. The van der Waals surface area contributed by atoms with Gasteiger partial charge in [-0.3, -0.25) is 29.1 Å². The molecule has 6 fully saturated rings. The van der Waals surface area contributed by atoms with E-state index in [1.807, 2.05) is 30.3 Å². The van der Waals surface area contributed by atoms with Crippen molar-refractivity contribution < 1.29 is 14.4 Å². The molecule has 9 rings (SSSR count). The van der Waals surface area contributed by atoms with Crippen LogP contribution < -0.4 is 5.32 Å². The Morgan fingerprint density at radius 2 is 1.55 bits per heavy atom. The average molecular weight is 447 g/mol. The first-order valence-electron chi connectivity index (χ1n) is 12.4. The first-order chi connectivity index (χ1) is 16.1. The number of fused-ring (bicyclic) bond motifs is 3. The van der Waals surface area contributed by atoms with Crippen molar-refractivity contribution in [1.29, 1.82) is 0 Å². The number of hydrogen-bond donors (Lipinski definition) is 1. The molecule has 7 nitrogen and oxygen atoms in total. The summed E-state index contributed by atoms with van der Waals surface area (Å²) < 4.78 is 0. The highest BCUT2D eigenvalue weighted by Crippen LogP contribution is 2.68. The third kappa shape index (κ3) is 2.91. The van der Waals surface area contributed by atoms with E-state index in [1.165, 1.54) is 4.90 Å². The topological polar surface area (TPSA) is 73.0 Å². The van der Waals surface area contributed by atoms with Crippen molar-refractivity contribution in [3.8, 4) is 0 Å². The maximum Gasteiger partial charge on any atom is 0.234 e. The molecule has 4 saturated heterocycles. The van der Waals surface area contributed by atoms with Crippen molar-refractivity contribution in [3.05, 3.63) is 48.0 Å². The van der Waals surface area contributed by atoms with Gasteiger partial charge < -0.3 is 5.32 Å². The number of carbonyl (C=O) groups is 3. The van der Waals surface area contributed by atoms with Crippen LogP contribution in [0.25, 0.3) is 0 Å². The van der Waals surface area contributed by atoms with Gasteiger partial charge in [0.05, 0.1) is 18.4 Å². The first-order valence-corrected chi connectivity index (χ1v) is 12.4. The number of allylic oxidation sites excluding steroid dienone is 2. The summed E-state index contributed by atoms with van der Waals surface area (Å²) in [5.74, 6) is -0.149. The Morgan fingerprint density at radius 1 is 0.909 bits per heavy atom. The van der Waals surface area contributed by atoms with Gasteiger partial charge in [0.25, 0.3) is 0 Å². The van der Waals surface area contributed by atoms with Crippen molar-refractivity contribution >= 4 is 17.7 Å². The van der Waals surface area contributed by atoms with Crippen LogP contribution in [0.5, 0.6) is 0 Å². The molecule has 33 heavy (non-hydrogen) atoms. The van der Waals surface area contributed by atoms with Gasteiger partial charge in [-0.2, -0.15) is 0 Å². The number of nitrogens with zero attached hydrogens (tertiary/aromatic N) is 3. The van der Waals surface area contributed by atoms with Crippen LogP contribution in [0, 0.1) is 41.4 Å². The lowest BCUT2D eigenvalue weighted by Gasteiger charge is -2.47. The third-order valence-electron chi connectivity index (χ3n) is 9.29. The fraction of sp³-hybridized carbons (Fsp3) is 0.577. The summed E-state index contributed by atoms with van der Waals surface area (Å²) in [5.41, 5.74) is 0.976. The molecule has 0 aromatic heterocycles. The Morgan fingerprint density at radius 3 is 2.12 bits per heavy atom. The van der Waals surface area contributed by atoms with Crippen LogP contribution in [0.2, 0.25) is 0 Å². The maximum atomic E-state index is 13.4. The minimum atomic E-state index is -0.289. The number of rotatable bonds is 5. The summed E-state index contributed by atoms with van der Waals surface area (Å²) in [6.45, 7) is 6.54. The molecule has 8 aliphatic rings. The van der Waals surface area contributed by atoms with Gasteiger partial charge in [0.1, 0.15) is 0 Å². The number of hydrogen-bond acceptors (Lipinski definition) is 5. The third-order valence-corrected chi connectivity index (χ3v) is 9.29. The van der Waals surface area contributed by atoms with Gasteiger partial charge in [0, 0.05) is 51.2 Å². The van der Waals surface area contributed by atoms with E-state index in [0.29, 0.717) is 19.1 Å². The molecular formula is C26H30N4O3. The Kier molecular flexibility index (Phi) is 4.37. The molecule has 3 amide bonds. The second-order valence-corrected chi connectivity index (χ2v) is 10.8. The molecule has 2 saturated carbocycles. The standard InChI is InChI=1S/C26H30N4O3/c31-24(27-12-16-14-28-8-10-29(16)11-9-28)23-19-17-6-7-18(20(19)23)22-21(17)25(32)30(26(22)33)13-15-4-2-1-3-5-15/h1-7,16-23H,8-14H2,(H,27,31). The summed E-state index contributed by atoms with van der Waals surface area (Å²) in [6.07, 6.45) is 4.27. The van der Waals surface area contributed by atoms with E-state index in [9.17, 15) is 14.4 Å². The molecule has 7 atom stereocenters. The molecule has 4 aliphatic carbocycles. The van der Waals surface area contributed by atoms with Crippen molar-refractivity contribution in [2.75, 3.05) is 39.3 Å². The highest BCUT2D eigenvalue weighted by molar-refractivity contribution is 6.06. The molecule has 4 bridgehead atoms. The smallest absolute Gasteiger partial charge is 0.234 e. The van der Waals surface area contributed by atoms with E-state index in [1.54, 1.807) is 0 Å². The normalized spacial score (nSPS) is 44.1. The molecule has 1 N–H and O–H groups in total. The monoisotopic (exact) mass is 446 g/mol. The summed E-state index contributed by atoms with van der Waals surface area (Å²) in [7, 11) is 0. The summed E-state index contributed by atoms with van der Waals surface area (Å²) in [4.78, 5) is 46.3. The van der Waals surface area contributed by atoms with Crippen molar-refractivity contribution in [1.82, 2.24) is 20.0 Å². The number of imide groups is 1. The van der Waals surface area contributed by atoms with Gasteiger partial charge in [-0.25, -0.2) is 0 Å². The molecule has 1 aromatic rings. The van der Waals surface area contributed by atoms with Crippen LogP contribution in [0.15, 0.2) is 42.5 Å². The summed E-state index contributed by atoms with van der Waals surface area (Å²) in [6, 6.07) is 10.1. The molecule has 0 radical (unpaired) electrons. The van der Waals surface area contributed by atoms with Crippen molar-refractivity contribution in [2.24, 2.45) is 41.4 Å². The second-order valence-electron chi connectivity index (χ2n) is 10.8. The van der Waals surface area contributed by atoms with E-state index < -0.39 is 0 Å². The molecular weight excluding hydrogens is 416 g/mol. The lowest BCUT2D eigenvalue weighted by Crippen LogP contribution is -2.63. The molecule has 172 valence electrons. The molecule has 7 unspecified atom stereocenters. The predicted molar refractivity (Wildman–Crippen MR) is 120 cm³/mol. The number of carbonyl (C=O) groups excluding carboxylic acids is 3. The zero-order chi connectivity index (χ0) is 22.3. The van der Waals surface area contributed by atoms with E-state index in [-0.39, 0.29) is 59.1 Å². The lowest BCUT2D eigenvalue weighted by atomic mass is 9.63. The van der Waals surface area contributed by atoms with Crippen LogP contribution in [-0.2, 0) is 20.9 Å². The largest absolute Gasteiger partial charge is 0.354 e. The number of piperazine rings is 3. The summed E-state index contributed by atoms with van der Waals surface area (Å²) >= 11 is 0. The lowest BCUT2D eigenvalue weighted by molar-refractivity contribution is -0.141. The average Bonchev–Trinajstić information content (AvgIpc) is 3.59. The number of likely N-dealkylation sites (tertiary alicyclic amines) is 1. The fourth-order valence-electron chi connectivity index (χ4n) is 7.69. The van der Waals surface area contributed by atoms with Gasteiger partial charge in [-0.05, 0) is 29.2 Å². The van der Waals surface area contributed by atoms with E-state index in [4.69, 9.17) is 0 Å². The van der Waals surface area contributed by atoms with E-state index in [2.05, 4.69) is 27.3 Å². The number of benzene rings is 1. The molecule has 1 aromatic carbocycles.